The van der Waals surface area contributed by atoms with Crippen LogP contribution >= 0.6 is 23.2 Å². The highest BCUT2D eigenvalue weighted by molar-refractivity contribution is 7.92. The second-order valence-corrected chi connectivity index (χ2v) is 9.73. The van der Waals surface area contributed by atoms with Gasteiger partial charge in [0.05, 0.1) is 42.6 Å². The number of methoxy groups -OCH3 is 3. The lowest BCUT2D eigenvalue weighted by atomic mass is 10.3. The van der Waals surface area contributed by atoms with Gasteiger partial charge in [-0.05, 0) is 48.5 Å². The number of nitrogens with zero attached hydrogens (tertiary/aromatic N) is 1. The molecule has 0 aliphatic carbocycles. The molecule has 0 spiro atoms. The van der Waals surface area contributed by atoms with Gasteiger partial charge < -0.3 is 19.5 Å². The molecule has 0 aliphatic rings. The van der Waals surface area contributed by atoms with Crippen LogP contribution < -0.4 is 23.8 Å². The Morgan fingerprint density at radius 3 is 2.20 bits per heavy atom. The molecule has 0 aliphatic heterocycles. The zero-order valence-corrected chi connectivity index (χ0v) is 21.2. The molecule has 0 fully saturated rings. The highest BCUT2D eigenvalue weighted by atomic mass is 35.5. The van der Waals surface area contributed by atoms with Gasteiger partial charge in [-0.2, -0.15) is 0 Å². The number of amides is 1. The summed E-state index contributed by atoms with van der Waals surface area (Å²) in [7, 11) is -0.175. The summed E-state index contributed by atoms with van der Waals surface area (Å²) in [6.07, 6.45) is 0. The first-order chi connectivity index (χ1) is 16.6. The van der Waals surface area contributed by atoms with Crippen molar-refractivity contribution < 1.29 is 31.8 Å². The summed E-state index contributed by atoms with van der Waals surface area (Å²) in [5.74, 6) is -0.656. The second kappa shape index (κ2) is 11.0. The van der Waals surface area contributed by atoms with E-state index in [-0.39, 0.29) is 27.0 Å². The van der Waals surface area contributed by atoms with Gasteiger partial charge in [-0.3, -0.25) is 9.10 Å². The average Bonchev–Trinajstić information content (AvgIpc) is 2.84. The molecule has 3 aromatic rings. The Balaban J connectivity index is 2.04. The largest absolute Gasteiger partial charge is 0.495 e. The lowest BCUT2D eigenvalue weighted by Gasteiger charge is -2.25. The van der Waals surface area contributed by atoms with Crippen LogP contribution in [0.15, 0.2) is 59.5 Å². The van der Waals surface area contributed by atoms with Gasteiger partial charge in [0.25, 0.3) is 10.0 Å². The zero-order valence-electron chi connectivity index (χ0n) is 18.8. The van der Waals surface area contributed by atoms with Crippen LogP contribution in [0.3, 0.4) is 0 Å². The van der Waals surface area contributed by atoms with Gasteiger partial charge in [-0.25, -0.2) is 12.8 Å². The smallest absolute Gasteiger partial charge is 0.264 e. The molecule has 0 atom stereocenters. The fourth-order valence-corrected chi connectivity index (χ4v) is 4.93. The molecule has 0 aromatic heterocycles. The number of anilines is 2. The molecule has 12 heteroatoms. The molecule has 35 heavy (non-hydrogen) atoms. The standard InChI is InChI=1S/C23H21Cl2FN2O6S/c1-32-20-8-4-14(24)10-19(20)27-23(29)13-28(15-5-7-18(26)17(25)11-15)35(30,31)16-6-9-21(33-2)22(12-16)34-3/h4-12H,13H2,1-3H3,(H,27,29). The van der Waals surface area contributed by atoms with Crippen LogP contribution in [-0.4, -0.2) is 42.2 Å². The Bertz CT molecular complexity index is 1350. The molecule has 0 unspecified atom stereocenters. The summed E-state index contributed by atoms with van der Waals surface area (Å²) < 4.78 is 57.4. The number of ether oxygens (including phenoxy) is 3. The van der Waals surface area contributed by atoms with Crippen LogP contribution in [-0.2, 0) is 14.8 Å². The second-order valence-electron chi connectivity index (χ2n) is 7.02. The highest BCUT2D eigenvalue weighted by Gasteiger charge is 2.29. The van der Waals surface area contributed by atoms with Crippen molar-refractivity contribution in [2.45, 2.75) is 4.90 Å². The Morgan fingerprint density at radius 1 is 0.914 bits per heavy atom. The van der Waals surface area contributed by atoms with E-state index in [9.17, 15) is 17.6 Å². The molecule has 0 radical (unpaired) electrons. The lowest BCUT2D eigenvalue weighted by molar-refractivity contribution is -0.114. The normalized spacial score (nSPS) is 11.0. The van der Waals surface area contributed by atoms with Crippen molar-refractivity contribution in [1.82, 2.24) is 0 Å². The third-order valence-corrected chi connectivity index (χ3v) is 7.15. The molecular formula is C23H21Cl2FN2O6S. The fraction of sp³-hybridized carbons (Fsp3) is 0.174. The summed E-state index contributed by atoms with van der Waals surface area (Å²) >= 11 is 11.9. The summed E-state index contributed by atoms with van der Waals surface area (Å²) in [5.41, 5.74) is 0.213. The first-order valence-electron chi connectivity index (χ1n) is 9.94. The van der Waals surface area contributed by atoms with Crippen LogP contribution in [0.4, 0.5) is 15.8 Å². The number of hydrogen-bond acceptors (Lipinski definition) is 6. The molecule has 0 saturated carbocycles. The molecule has 1 N–H and O–H groups in total. The molecular weight excluding hydrogens is 522 g/mol. The number of halogens is 3. The fourth-order valence-electron chi connectivity index (χ4n) is 3.16. The predicted octanol–water partition coefficient (Wildman–Crippen LogP) is 4.99. The van der Waals surface area contributed by atoms with Crippen molar-refractivity contribution >= 4 is 50.5 Å². The van der Waals surface area contributed by atoms with Crippen LogP contribution in [0.1, 0.15) is 0 Å². The van der Waals surface area contributed by atoms with E-state index in [4.69, 9.17) is 37.4 Å². The SMILES string of the molecule is COc1ccc(Cl)cc1NC(=O)CN(c1ccc(F)c(Cl)c1)S(=O)(=O)c1ccc(OC)c(OC)c1. The van der Waals surface area contributed by atoms with Gasteiger partial charge in [-0.15, -0.1) is 0 Å². The zero-order chi connectivity index (χ0) is 25.8. The van der Waals surface area contributed by atoms with Crippen molar-refractivity contribution in [3.8, 4) is 17.2 Å². The first-order valence-corrected chi connectivity index (χ1v) is 12.1. The van der Waals surface area contributed by atoms with Crippen LogP contribution in [0.5, 0.6) is 17.2 Å². The molecule has 3 rings (SSSR count). The van der Waals surface area contributed by atoms with Gasteiger partial charge >= 0.3 is 0 Å². The van der Waals surface area contributed by atoms with Gasteiger partial charge in [0.1, 0.15) is 18.1 Å². The van der Waals surface area contributed by atoms with Crippen molar-refractivity contribution in [3.63, 3.8) is 0 Å². The van der Waals surface area contributed by atoms with Crippen LogP contribution in [0.2, 0.25) is 10.0 Å². The van der Waals surface area contributed by atoms with E-state index in [1.54, 1.807) is 12.1 Å². The third-order valence-electron chi connectivity index (χ3n) is 4.86. The highest BCUT2D eigenvalue weighted by Crippen LogP contribution is 2.33. The maximum atomic E-state index is 13.8. The molecule has 0 bridgehead atoms. The summed E-state index contributed by atoms with van der Waals surface area (Å²) in [5, 5.41) is 2.61. The van der Waals surface area contributed by atoms with Gasteiger partial charge in [0, 0.05) is 11.1 Å². The van der Waals surface area contributed by atoms with E-state index in [2.05, 4.69) is 5.32 Å². The average molecular weight is 543 g/mol. The van der Waals surface area contributed by atoms with E-state index in [1.807, 2.05) is 0 Å². The third kappa shape index (κ3) is 5.90. The van der Waals surface area contributed by atoms with Crippen molar-refractivity contribution in [2.75, 3.05) is 37.5 Å². The number of rotatable bonds is 9. The molecule has 0 heterocycles. The Hall–Kier alpha value is -3.21. The van der Waals surface area contributed by atoms with E-state index >= 15 is 0 Å². The van der Waals surface area contributed by atoms with E-state index in [0.717, 1.165) is 16.4 Å². The van der Waals surface area contributed by atoms with E-state index in [0.29, 0.717) is 16.5 Å². The van der Waals surface area contributed by atoms with Crippen molar-refractivity contribution in [2.24, 2.45) is 0 Å². The maximum absolute atomic E-state index is 13.8. The quantitative estimate of drug-likeness (QED) is 0.409. The summed E-state index contributed by atoms with van der Waals surface area (Å²) in [4.78, 5) is 12.8. The molecule has 0 saturated heterocycles. The van der Waals surface area contributed by atoms with Gasteiger partial charge in [-0.1, -0.05) is 23.2 Å². The van der Waals surface area contributed by atoms with Crippen molar-refractivity contribution in [3.05, 3.63) is 70.5 Å². The Kier molecular flexibility index (Phi) is 8.31. The van der Waals surface area contributed by atoms with Crippen molar-refractivity contribution in [1.29, 1.82) is 0 Å². The summed E-state index contributed by atoms with van der Waals surface area (Å²) in [6, 6.07) is 11.9. The number of sulfonamides is 1. The van der Waals surface area contributed by atoms with Crippen LogP contribution in [0, 0.1) is 5.82 Å². The lowest BCUT2D eigenvalue weighted by Crippen LogP contribution is -2.38. The Morgan fingerprint density at radius 2 is 1.57 bits per heavy atom. The minimum atomic E-state index is -4.35. The van der Waals surface area contributed by atoms with Gasteiger partial charge in [0.15, 0.2) is 11.5 Å². The minimum absolute atomic E-state index is 0.0283. The monoisotopic (exact) mass is 542 g/mol. The van der Waals surface area contributed by atoms with E-state index in [1.165, 1.54) is 51.7 Å². The number of hydrogen-bond donors (Lipinski definition) is 1. The first kappa shape index (κ1) is 26.4. The molecule has 8 nitrogen and oxygen atoms in total. The van der Waals surface area contributed by atoms with E-state index < -0.39 is 28.3 Å². The number of carbonyl (C=O) groups excluding carboxylic acids is 1. The molecule has 1 amide bonds. The topological polar surface area (TPSA) is 94.2 Å². The number of benzene rings is 3. The number of nitrogens with one attached hydrogen (secondary N) is 1. The number of carbonyl (C=O) groups is 1. The minimum Gasteiger partial charge on any atom is -0.495 e. The molecule has 3 aromatic carbocycles. The predicted molar refractivity (Wildman–Crippen MR) is 132 cm³/mol. The van der Waals surface area contributed by atoms with Gasteiger partial charge in [0.2, 0.25) is 5.91 Å². The van der Waals surface area contributed by atoms with Crippen LogP contribution in [0.25, 0.3) is 0 Å². The molecule has 186 valence electrons. The maximum Gasteiger partial charge on any atom is 0.264 e. The summed E-state index contributed by atoms with van der Waals surface area (Å²) in [6.45, 7) is -0.672. The Labute approximate surface area is 212 Å².